The first-order chi connectivity index (χ1) is 16.6. The van der Waals surface area contributed by atoms with Crippen LogP contribution in [0.15, 0.2) is 65.7 Å². The predicted octanol–water partition coefficient (Wildman–Crippen LogP) is 4.89. The number of nitrogens with one attached hydrogen (secondary N) is 2. The number of rotatable bonds is 4. The Kier molecular flexibility index (Phi) is 6.31. The van der Waals surface area contributed by atoms with Gasteiger partial charge in [-0.05, 0) is 59.2 Å². The van der Waals surface area contributed by atoms with E-state index in [2.05, 4.69) is 10.3 Å². The second-order valence-corrected chi connectivity index (χ2v) is 8.18. The number of amides is 2. The molecule has 0 aliphatic carbocycles. The summed E-state index contributed by atoms with van der Waals surface area (Å²) in [6.45, 7) is 0. The van der Waals surface area contributed by atoms with Crippen LogP contribution in [0, 0.1) is 0 Å². The molecule has 3 aromatic rings. The molecule has 0 spiro atoms. The molecule has 3 N–H and O–H groups in total. The molecule has 2 amide bonds. The van der Waals surface area contributed by atoms with Crippen LogP contribution in [0.1, 0.15) is 31.8 Å². The van der Waals surface area contributed by atoms with Crippen LogP contribution < -0.4 is 10.8 Å². The van der Waals surface area contributed by atoms with Gasteiger partial charge in [0.2, 0.25) is 0 Å². The molecule has 35 heavy (non-hydrogen) atoms. The van der Waals surface area contributed by atoms with Crippen LogP contribution in [0.4, 0.5) is 24.5 Å². The smallest absolute Gasteiger partial charge is 0.345 e. The molecule has 0 saturated heterocycles. The van der Waals surface area contributed by atoms with Crippen molar-refractivity contribution in [3.63, 3.8) is 0 Å². The first-order valence-corrected chi connectivity index (χ1v) is 10.5. The standard InChI is InChI=1S/C25H21F3N4O3/c1-32(2)24(34)15-8-6-14(7-9-15)19-11-17-12-22(30-21(17)13-20(19)25(26,27)28)29-18-5-3-4-16(10-18)23(33)31-35/h3-11,13,35H,12H2,1-2H3,(H,29,30)(H,31,33). The Labute approximate surface area is 198 Å². The van der Waals surface area contributed by atoms with Gasteiger partial charge in [0.1, 0.15) is 5.84 Å². The third-order valence-corrected chi connectivity index (χ3v) is 5.50. The third-order valence-electron chi connectivity index (χ3n) is 5.50. The van der Waals surface area contributed by atoms with E-state index in [1.54, 1.807) is 31.7 Å². The predicted molar refractivity (Wildman–Crippen MR) is 125 cm³/mol. The molecule has 0 saturated carbocycles. The average Bonchev–Trinajstić information content (AvgIpc) is 3.23. The Morgan fingerprint density at radius 1 is 1.00 bits per heavy atom. The highest BCUT2D eigenvalue weighted by molar-refractivity contribution is 6.03. The van der Waals surface area contributed by atoms with E-state index in [0.717, 1.165) is 6.07 Å². The molecule has 3 aromatic carbocycles. The number of hydroxylamine groups is 1. The van der Waals surface area contributed by atoms with Gasteiger partial charge in [-0.3, -0.25) is 14.8 Å². The quantitative estimate of drug-likeness (QED) is 0.365. The number of aliphatic imine (C=N–C) groups is 1. The monoisotopic (exact) mass is 482 g/mol. The Hall–Kier alpha value is -4.18. The van der Waals surface area contributed by atoms with Crippen LogP contribution in [-0.4, -0.2) is 41.9 Å². The van der Waals surface area contributed by atoms with Crippen LogP contribution in [-0.2, 0) is 12.6 Å². The number of carbonyl (C=O) groups excluding carboxylic acids is 2. The van der Waals surface area contributed by atoms with Crippen molar-refractivity contribution < 1.29 is 28.0 Å². The van der Waals surface area contributed by atoms with Crippen molar-refractivity contribution in [3.05, 3.63) is 82.9 Å². The fraction of sp³-hybridized carbons (Fsp3) is 0.160. The Morgan fingerprint density at radius 3 is 2.34 bits per heavy atom. The molecule has 0 bridgehead atoms. The molecule has 4 rings (SSSR count). The van der Waals surface area contributed by atoms with E-state index in [-0.39, 0.29) is 29.1 Å². The van der Waals surface area contributed by atoms with E-state index in [9.17, 15) is 22.8 Å². The fourth-order valence-corrected chi connectivity index (χ4v) is 3.81. The maximum Gasteiger partial charge on any atom is 0.417 e. The number of carbonyl (C=O) groups is 2. The number of alkyl halides is 3. The molecule has 0 atom stereocenters. The summed E-state index contributed by atoms with van der Waals surface area (Å²) in [5.41, 5.74) is 2.93. The van der Waals surface area contributed by atoms with Gasteiger partial charge in [-0.1, -0.05) is 18.2 Å². The summed E-state index contributed by atoms with van der Waals surface area (Å²) in [5.74, 6) is -0.520. The number of amidine groups is 1. The molecule has 0 fully saturated rings. The summed E-state index contributed by atoms with van der Waals surface area (Å²) in [6, 6.07) is 14.8. The van der Waals surface area contributed by atoms with Crippen molar-refractivity contribution in [1.29, 1.82) is 0 Å². The topological polar surface area (TPSA) is 94.0 Å². The van der Waals surface area contributed by atoms with Crippen LogP contribution in [0.2, 0.25) is 0 Å². The zero-order chi connectivity index (χ0) is 25.3. The lowest BCUT2D eigenvalue weighted by atomic mass is 9.94. The van der Waals surface area contributed by atoms with Crippen molar-refractivity contribution >= 4 is 29.0 Å². The number of benzene rings is 3. The second kappa shape index (κ2) is 9.22. The second-order valence-electron chi connectivity index (χ2n) is 8.18. The van der Waals surface area contributed by atoms with Gasteiger partial charge in [-0.25, -0.2) is 10.5 Å². The van der Waals surface area contributed by atoms with Gasteiger partial charge in [-0.15, -0.1) is 0 Å². The maximum atomic E-state index is 13.9. The SMILES string of the molecule is CN(C)C(=O)c1ccc(-c2cc3c(cc2C(F)(F)F)N=C(Nc2cccc(C(=O)NO)c2)C3)cc1. The van der Waals surface area contributed by atoms with Crippen LogP contribution >= 0.6 is 0 Å². The molecule has 1 aliphatic rings. The van der Waals surface area contributed by atoms with Crippen LogP contribution in [0.5, 0.6) is 0 Å². The van der Waals surface area contributed by atoms with Gasteiger partial charge in [0.25, 0.3) is 11.8 Å². The summed E-state index contributed by atoms with van der Waals surface area (Å²) < 4.78 is 41.8. The molecule has 180 valence electrons. The summed E-state index contributed by atoms with van der Waals surface area (Å²) in [6.07, 6.45) is -4.35. The molecular weight excluding hydrogens is 461 g/mol. The number of hydrogen-bond acceptors (Lipinski definition) is 5. The molecule has 0 radical (unpaired) electrons. The zero-order valence-corrected chi connectivity index (χ0v) is 18.8. The number of anilines is 1. The van der Waals surface area contributed by atoms with Gasteiger partial charge in [0.05, 0.1) is 11.3 Å². The fourth-order valence-electron chi connectivity index (χ4n) is 3.81. The molecule has 0 aromatic heterocycles. The van der Waals surface area contributed by atoms with Crippen molar-refractivity contribution in [2.45, 2.75) is 12.6 Å². The highest BCUT2D eigenvalue weighted by atomic mass is 19.4. The van der Waals surface area contributed by atoms with Gasteiger partial charge >= 0.3 is 6.18 Å². The first kappa shape index (κ1) is 24.0. The normalized spacial score (nSPS) is 12.6. The highest BCUT2D eigenvalue weighted by Crippen LogP contribution is 2.42. The Bertz CT molecular complexity index is 1330. The first-order valence-electron chi connectivity index (χ1n) is 10.5. The van der Waals surface area contributed by atoms with Crippen LogP contribution in [0.25, 0.3) is 11.1 Å². The molecule has 7 nitrogen and oxygen atoms in total. The highest BCUT2D eigenvalue weighted by Gasteiger charge is 2.35. The number of hydrogen-bond donors (Lipinski definition) is 3. The largest absolute Gasteiger partial charge is 0.417 e. The number of fused-ring (bicyclic) bond motifs is 1. The van der Waals surface area contributed by atoms with E-state index in [0.29, 0.717) is 28.2 Å². The molecule has 10 heteroatoms. The van der Waals surface area contributed by atoms with E-state index in [1.165, 1.54) is 47.4 Å². The van der Waals surface area contributed by atoms with Crippen molar-refractivity contribution in [2.75, 3.05) is 19.4 Å². The lowest BCUT2D eigenvalue weighted by Crippen LogP contribution is -2.21. The third kappa shape index (κ3) is 5.02. The molecule has 1 heterocycles. The number of halogens is 3. The minimum absolute atomic E-state index is 0.00170. The minimum Gasteiger partial charge on any atom is -0.345 e. The Balaban J connectivity index is 1.65. The van der Waals surface area contributed by atoms with Gasteiger partial charge in [0.15, 0.2) is 0 Å². The van der Waals surface area contributed by atoms with E-state index in [1.807, 2.05) is 0 Å². The number of nitrogens with zero attached hydrogens (tertiary/aromatic N) is 2. The van der Waals surface area contributed by atoms with E-state index < -0.39 is 17.6 Å². The molecule has 0 unspecified atom stereocenters. The molecule has 1 aliphatic heterocycles. The van der Waals surface area contributed by atoms with Gasteiger partial charge < -0.3 is 10.2 Å². The van der Waals surface area contributed by atoms with Crippen LogP contribution in [0.3, 0.4) is 0 Å². The molecular formula is C25H21F3N4O3. The van der Waals surface area contributed by atoms with E-state index >= 15 is 0 Å². The van der Waals surface area contributed by atoms with Gasteiger partial charge in [-0.2, -0.15) is 13.2 Å². The average molecular weight is 482 g/mol. The van der Waals surface area contributed by atoms with Crippen molar-refractivity contribution in [1.82, 2.24) is 10.4 Å². The zero-order valence-electron chi connectivity index (χ0n) is 18.8. The summed E-state index contributed by atoms with van der Waals surface area (Å²) in [7, 11) is 3.20. The minimum atomic E-state index is -4.61. The van der Waals surface area contributed by atoms with Crippen molar-refractivity contribution in [2.24, 2.45) is 4.99 Å². The lowest BCUT2D eigenvalue weighted by molar-refractivity contribution is -0.137. The summed E-state index contributed by atoms with van der Waals surface area (Å²) >= 11 is 0. The maximum absolute atomic E-state index is 13.9. The Morgan fingerprint density at radius 2 is 1.71 bits per heavy atom. The van der Waals surface area contributed by atoms with E-state index in [4.69, 9.17) is 5.21 Å². The summed E-state index contributed by atoms with van der Waals surface area (Å²) in [5, 5.41) is 11.8. The summed E-state index contributed by atoms with van der Waals surface area (Å²) in [4.78, 5) is 29.5. The lowest BCUT2D eigenvalue weighted by Gasteiger charge is -2.16. The van der Waals surface area contributed by atoms with Crippen molar-refractivity contribution in [3.8, 4) is 11.1 Å². The van der Waals surface area contributed by atoms with Gasteiger partial charge in [0, 0.05) is 37.3 Å².